The minimum absolute atomic E-state index is 0.104. The number of hydrogen-bond donors (Lipinski definition) is 1. The van der Waals surface area contributed by atoms with Crippen molar-refractivity contribution >= 4 is 29.2 Å². The van der Waals surface area contributed by atoms with Gasteiger partial charge in [0.2, 0.25) is 0 Å². The molecule has 1 N–H and O–H groups in total. The second-order valence-corrected chi connectivity index (χ2v) is 4.12. The van der Waals surface area contributed by atoms with Gasteiger partial charge < -0.3 is 9.84 Å². The van der Waals surface area contributed by atoms with Crippen molar-refractivity contribution in [3.63, 3.8) is 0 Å². The van der Waals surface area contributed by atoms with Crippen LogP contribution in [0.25, 0.3) is 0 Å². The molecular weight excluding hydrogens is 251 g/mol. The van der Waals surface area contributed by atoms with Crippen LogP contribution in [0.1, 0.15) is 18.9 Å². The smallest absolute Gasteiger partial charge is 0.307 e. The van der Waals surface area contributed by atoms with Crippen molar-refractivity contribution in [2.75, 3.05) is 6.61 Å². The van der Waals surface area contributed by atoms with Crippen molar-refractivity contribution in [3.8, 4) is 5.75 Å². The van der Waals surface area contributed by atoms with E-state index in [1.165, 1.54) is 0 Å². The van der Waals surface area contributed by atoms with Crippen LogP contribution >= 0.6 is 23.2 Å². The number of aliphatic carboxylic acids is 1. The SMILES string of the molecule is CCCOc1c(Cl)cc(CC(=O)O)cc1Cl. The summed E-state index contributed by atoms with van der Waals surface area (Å²) < 4.78 is 5.37. The topological polar surface area (TPSA) is 46.5 Å². The molecule has 0 saturated carbocycles. The molecule has 0 saturated heterocycles. The highest BCUT2D eigenvalue weighted by Crippen LogP contribution is 2.34. The lowest BCUT2D eigenvalue weighted by Gasteiger charge is -2.10. The molecule has 3 nitrogen and oxygen atoms in total. The van der Waals surface area contributed by atoms with E-state index in [1.807, 2.05) is 6.92 Å². The lowest BCUT2D eigenvalue weighted by atomic mass is 10.1. The number of halogens is 2. The predicted octanol–water partition coefficient (Wildman–Crippen LogP) is 3.41. The van der Waals surface area contributed by atoms with E-state index in [1.54, 1.807) is 12.1 Å². The highest BCUT2D eigenvalue weighted by Gasteiger charge is 2.11. The standard InChI is InChI=1S/C11H12Cl2O3/c1-2-3-16-11-8(12)4-7(5-9(11)13)6-10(14)15/h4-5H,2-3,6H2,1H3,(H,14,15). The summed E-state index contributed by atoms with van der Waals surface area (Å²) in [6.07, 6.45) is 0.747. The van der Waals surface area contributed by atoms with Gasteiger partial charge in [-0.1, -0.05) is 30.1 Å². The third kappa shape index (κ3) is 3.58. The maximum atomic E-state index is 10.5. The van der Waals surface area contributed by atoms with Crippen LogP contribution < -0.4 is 4.74 Å². The fraction of sp³-hybridized carbons (Fsp3) is 0.364. The Kier molecular flexibility index (Phi) is 4.90. The molecule has 16 heavy (non-hydrogen) atoms. The fourth-order valence-corrected chi connectivity index (χ4v) is 1.87. The Morgan fingerprint density at radius 3 is 2.38 bits per heavy atom. The molecule has 0 amide bonds. The molecule has 5 heteroatoms. The first-order chi connectivity index (χ1) is 7.54. The van der Waals surface area contributed by atoms with Crippen LogP contribution in [0.15, 0.2) is 12.1 Å². The maximum Gasteiger partial charge on any atom is 0.307 e. The van der Waals surface area contributed by atoms with Gasteiger partial charge in [0.05, 0.1) is 23.1 Å². The van der Waals surface area contributed by atoms with Gasteiger partial charge in [0.15, 0.2) is 5.75 Å². The van der Waals surface area contributed by atoms with Gasteiger partial charge in [0.25, 0.3) is 0 Å². The van der Waals surface area contributed by atoms with Gasteiger partial charge in [-0.3, -0.25) is 4.79 Å². The quantitative estimate of drug-likeness (QED) is 0.885. The van der Waals surface area contributed by atoms with Gasteiger partial charge in [-0.05, 0) is 24.1 Å². The first-order valence-corrected chi connectivity index (χ1v) is 5.62. The van der Waals surface area contributed by atoms with Crippen molar-refractivity contribution in [2.45, 2.75) is 19.8 Å². The van der Waals surface area contributed by atoms with Crippen molar-refractivity contribution in [3.05, 3.63) is 27.7 Å². The van der Waals surface area contributed by atoms with Gasteiger partial charge in [0, 0.05) is 0 Å². The average Bonchev–Trinajstić information content (AvgIpc) is 2.15. The van der Waals surface area contributed by atoms with E-state index in [2.05, 4.69) is 0 Å². The molecule has 0 aliphatic heterocycles. The molecule has 0 atom stereocenters. The number of benzene rings is 1. The number of carbonyl (C=O) groups is 1. The van der Waals surface area contributed by atoms with Crippen molar-refractivity contribution in [1.82, 2.24) is 0 Å². The van der Waals surface area contributed by atoms with Crippen LogP contribution in [0.3, 0.4) is 0 Å². The molecule has 0 fully saturated rings. The molecule has 1 aromatic carbocycles. The summed E-state index contributed by atoms with van der Waals surface area (Å²) in [4.78, 5) is 10.5. The van der Waals surface area contributed by atoms with Gasteiger partial charge >= 0.3 is 5.97 Å². The molecular formula is C11H12Cl2O3. The monoisotopic (exact) mass is 262 g/mol. The van der Waals surface area contributed by atoms with Crippen LogP contribution in [0.2, 0.25) is 10.0 Å². The average molecular weight is 263 g/mol. The van der Waals surface area contributed by atoms with Gasteiger partial charge in [-0.15, -0.1) is 0 Å². The third-order valence-corrected chi connectivity index (χ3v) is 2.43. The minimum atomic E-state index is -0.922. The summed E-state index contributed by atoms with van der Waals surface area (Å²) in [6, 6.07) is 3.12. The molecule has 1 rings (SSSR count). The summed E-state index contributed by atoms with van der Waals surface area (Å²) in [5.74, 6) is -0.506. The summed E-state index contributed by atoms with van der Waals surface area (Å²) in [7, 11) is 0. The lowest BCUT2D eigenvalue weighted by molar-refractivity contribution is -0.136. The molecule has 0 aliphatic rings. The number of carboxylic acid groups (broad SMARTS) is 1. The Morgan fingerprint density at radius 2 is 1.94 bits per heavy atom. The van der Waals surface area contributed by atoms with Gasteiger partial charge in [-0.2, -0.15) is 0 Å². The molecule has 0 spiro atoms. The Balaban J connectivity index is 2.93. The predicted molar refractivity (Wildman–Crippen MR) is 63.6 cm³/mol. The Bertz CT molecular complexity index is 368. The molecule has 0 bridgehead atoms. The highest BCUT2D eigenvalue weighted by atomic mass is 35.5. The molecule has 1 aromatic rings. The number of carboxylic acids is 1. The fourth-order valence-electron chi connectivity index (χ4n) is 1.23. The Hall–Kier alpha value is -0.930. The van der Waals surface area contributed by atoms with E-state index in [9.17, 15) is 4.79 Å². The van der Waals surface area contributed by atoms with Crippen LogP contribution in [0, 0.1) is 0 Å². The van der Waals surface area contributed by atoms with Crippen LogP contribution in [0.5, 0.6) is 5.75 Å². The third-order valence-electron chi connectivity index (χ3n) is 1.86. The van der Waals surface area contributed by atoms with Crippen molar-refractivity contribution in [2.24, 2.45) is 0 Å². The van der Waals surface area contributed by atoms with Crippen molar-refractivity contribution < 1.29 is 14.6 Å². The molecule has 0 aliphatic carbocycles. The molecule has 0 aromatic heterocycles. The Labute approximate surface area is 104 Å². The normalized spacial score (nSPS) is 10.2. The molecule has 0 heterocycles. The second kappa shape index (κ2) is 5.97. The van der Waals surface area contributed by atoms with E-state index >= 15 is 0 Å². The van der Waals surface area contributed by atoms with Crippen molar-refractivity contribution in [1.29, 1.82) is 0 Å². The van der Waals surface area contributed by atoms with Gasteiger partial charge in [0.1, 0.15) is 0 Å². The lowest BCUT2D eigenvalue weighted by Crippen LogP contribution is -2.01. The molecule has 88 valence electrons. The second-order valence-electron chi connectivity index (χ2n) is 3.31. The van der Waals surface area contributed by atoms with E-state index in [-0.39, 0.29) is 6.42 Å². The summed E-state index contributed by atoms with van der Waals surface area (Å²) >= 11 is 11.9. The Morgan fingerprint density at radius 1 is 1.38 bits per heavy atom. The molecule has 0 unspecified atom stereocenters. The zero-order valence-corrected chi connectivity index (χ0v) is 10.3. The number of rotatable bonds is 5. The van der Waals surface area contributed by atoms with E-state index in [0.29, 0.717) is 28.0 Å². The van der Waals surface area contributed by atoms with Crippen LogP contribution in [0.4, 0.5) is 0 Å². The van der Waals surface area contributed by atoms with E-state index in [4.69, 9.17) is 33.0 Å². The first kappa shape index (κ1) is 13.1. The van der Waals surface area contributed by atoms with Crippen LogP contribution in [-0.4, -0.2) is 17.7 Å². The van der Waals surface area contributed by atoms with Crippen LogP contribution in [-0.2, 0) is 11.2 Å². The minimum Gasteiger partial charge on any atom is -0.490 e. The largest absolute Gasteiger partial charge is 0.490 e. The highest BCUT2D eigenvalue weighted by molar-refractivity contribution is 6.37. The molecule has 0 radical (unpaired) electrons. The van der Waals surface area contributed by atoms with E-state index < -0.39 is 5.97 Å². The van der Waals surface area contributed by atoms with Gasteiger partial charge in [-0.25, -0.2) is 0 Å². The summed E-state index contributed by atoms with van der Waals surface area (Å²) in [5.41, 5.74) is 0.561. The summed E-state index contributed by atoms with van der Waals surface area (Å²) in [5, 5.41) is 9.33. The summed E-state index contributed by atoms with van der Waals surface area (Å²) in [6.45, 7) is 2.50. The number of ether oxygens (including phenoxy) is 1. The number of hydrogen-bond acceptors (Lipinski definition) is 2. The van der Waals surface area contributed by atoms with E-state index in [0.717, 1.165) is 6.42 Å². The zero-order valence-electron chi connectivity index (χ0n) is 8.80. The first-order valence-electron chi connectivity index (χ1n) is 4.87. The zero-order chi connectivity index (χ0) is 12.1. The maximum absolute atomic E-state index is 10.5.